The predicted molar refractivity (Wildman–Crippen MR) is 126 cm³/mol. The van der Waals surface area contributed by atoms with Crippen LogP contribution in [0.2, 0.25) is 0 Å². The minimum absolute atomic E-state index is 0.207. The van der Waals surface area contributed by atoms with Gasteiger partial charge in [-0.1, -0.05) is 42.1 Å². The van der Waals surface area contributed by atoms with Crippen LogP contribution in [0.25, 0.3) is 0 Å². The first kappa shape index (κ1) is 20.9. The number of carbonyl (C=O) groups is 1. The zero-order valence-corrected chi connectivity index (χ0v) is 18.7. The van der Waals surface area contributed by atoms with E-state index in [-0.39, 0.29) is 11.9 Å². The number of carbonyl (C=O) groups excluding carboxylic acids is 1. The third kappa shape index (κ3) is 4.49. The van der Waals surface area contributed by atoms with E-state index in [1.807, 2.05) is 48.0 Å². The summed E-state index contributed by atoms with van der Waals surface area (Å²) in [5.74, 6) is 1.23. The molecule has 0 radical (unpaired) electrons. The molecule has 3 aromatic heterocycles. The second-order valence-electron chi connectivity index (χ2n) is 7.54. The third-order valence-corrected chi connectivity index (χ3v) is 6.22. The lowest BCUT2D eigenvalue weighted by atomic mass is 9.96. The lowest BCUT2D eigenvalue weighted by Gasteiger charge is -2.23. The summed E-state index contributed by atoms with van der Waals surface area (Å²) in [5, 5.41) is 10.4. The molecule has 5 rings (SSSR count). The van der Waals surface area contributed by atoms with Gasteiger partial charge < -0.3 is 5.32 Å². The molecule has 0 fully saturated rings. The molecule has 0 saturated heterocycles. The van der Waals surface area contributed by atoms with E-state index in [2.05, 4.69) is 37.8 Å². The Hall–Kier alpha value is -3.98. The summed E-state index contributed by atoms with van der Waals surface area (Å²) in [6.45, 7) is 1.89. The Bertz CT molecular complexity index is 1290. The summed E-state index contributed by atoms with van der Waals surface area (Å²) >= 11 is 1.61. The van der Waals surface area contributed by atoms with Gasteiger partial charge in [0.25, 0.3) is 11.1 Å². The van der Waals surface area contributed by atoms with E-state index in [9.17, 15) is 4.79 Å². The number of allylic oxidation sites excluding steroid dienone is 1. The van der Waals surface area contributed by atoms with Crippen molar-refractivity contribution in [3.8, 4) is 0 Å². The third-order valence-electron chi connectivity index (χ3n) is 5.29. The fraction of sp³-hybridized carbons (Fsp3) is 0.125. The van der Waals surface area contributed by atoms with Crippen LogP contribution in [-0.2, 0) is 10.5 Å². The van der Waals surface area contributed by atoms with E-state index in [0.29, 0.717) is 17.2 Å². The van der Waals surface area contributed by atoms with Crippen molar-refractivity contribution < 1.29 is 9.48 Å². The molecule has 1 aliphatic heterocycles. The Labute approximate surface area is 195 Å². The monoisotopic (exact) mass is 456 g/mol. The van der Waals surface area contributed by atoms with Gasteiger partial charge in [0.05, 0.1) is 23.2 Å². The van der Waals surface area contributed by atoms with Crippen LogP contribution in [0.5, 0.6) is 0 Å². The van der Waals surface area contributed by atoms with Gasteiger partial charge in [0.1, 0.15) is 0 Å². The van der Waals surface area contributed by atoms with Gasteiger partial charge in [0.2, 0.25) is 0 Å². The fourth-order valence-corrected chi connectivity index (χ4v) is 4.57. The Morgan fingerprint density at radius 2 is 1.88 bits per heavy atom. The number of aromatic amines is 1. The SMILES string of the molecule is CC1=C(C(=O)Nc2cccnc2)C(c2ccncc2)[n+]2[nH]c(SCc3ccccc3)nc2N1. The molecule has 9 heteroatoms. The van der Waals surface area contributed by atoms with E-state index in [1.165, 1.54) is 5.56 Å². The molecule has 1 unspecified atom stereocenters. The molecule has 3 N–H and O–H groups in total. The number of anilines is 2. The van der Waals surface area contributed by atoms with E-state index in [0.717, 1.165) is 22.2 Å². The first-order valence-electron chi connectivity index (χ1n) is 10.5. The number of hydrogen-bond acceptors (Lipinski definition) is 6. The highest BCUT2D eigenvalue weighted by molar-refractivity contribution is 7.98. The summed E-state index contributed by atoms with van der Waals surface area (Å²) in [6.07, 6.45) is 6.75. The number of fused-ring (bicyclic) bond motifs is 1. The van der Waals surface area contributed by atoms with Gasteiger partial charge in [0.15, 0.2) is 6.04 Å². The van der Waals surface area contributed by atoms with Crippen molar-refractivity contribution in [2.24, 2.45) is 0 Å². The van der Waals surface area contributed by atoms with E-state index in [1.54, 1.807) is 42.6 Å². The lowest BCUT2D eigenvalue weighted by Crippen LogP contribution is -2.50. The lowest BCUT2D eigenvalue weighted by molar-refractivity contribution is -0.748. The number of thioether (sulfide) groups is 1. The van der Waals surface area contributed by atoms with Crippen LogP contribution in [0.4, 0.5) is 11.6 Å². The number of H-pyrrole nitrogens is 1. The first-order chi connectivity index (χ1) is 16.2. The molecule has 0 saturated carbocycles. The summed E-state index contributed by atoms with van der Waals surface area (Å²) in [7, 11) is 0. The van der Waals surface area contributed by atoms with Crippen molar-refractivity contribution in [1.82, 2.24) is 20.1 Å². The molecule has 164 valence electrons. The van der Waals surface area contributed by atoms with E-state index < -0.39 is 0 Å². The molecule has 4 aromatic rings. The molecule has 1 amide bonds. The van der Waals surface area contributed by atoms with Gasteiger partial charge in [-0.2, -0.15) is 0 Å². The largest absolute Gasteiger partial charge is 0.417 e. The molecule has 1 aromatic carbocycles. The minimum Gasteiger partial charge on any atom is -0.321 e. The fourth-order valence-electron chi connectivity index (χ4n) is 3.76. The van der Waals surface area contributed by atoms with Gasteiger partial charge in [-0.05, 0) is 47.3 Å². The maximum absolute atomic E-state index is 13.4. The molecule has 8 nitrogen and oxygen atoms in total. The van der Waals surface area contributed by atoms with Gasteiger partial charge >= 0.3 is 5.95 Å². The zero-order valence-electron chi connectivity index (χ0n) is 17.9. The number of rotatable bonds is 6. The average Bonchev–Trinajstić information content (AvgIpc) is 3.26. The summed E-state index contributed by atoms with van der Waals surface area (Å²) in [6, 6.07) is 17.3. The van der Waals surface area contributed by atoms with Crippen molar-refractivity contribution in [2.45, 2.75) is 23.9 Å². The minimum atomic E-state index is -0.389. The number of nitrogens with one attached hydrogen (secondary N) is 3. The highest BCUT2D eigenvalue weighted by atomic mass is 32.2. The van der Waals surface area contributed by atoms with Crippen LogP contribution in [-0.4, -0.2) is 26.0 Å². The Morgan fingerprint density at radius 1 is 1.06 bits per heavy atom. The number of benzene rings is 1. The maximum Gasteiger partial charge on any atom is 0.417 e. The topological polar surface area (TPSA) is 99.5 Å². The molecule has 1 atom stereocenters. The molecular weight excluding hydrogens is 434 g/mol. The highest BCUT2D eigenvalue weighted by Gasteiger charge is 2.39. The molecule has 0 bridgehead atoms. The van der Waals surface area contributed by atoms with Gasteiger partial charge in [-0.15, -0.1) is 4.68 Å². The summed E-state index contributed by atoms with van der Waals surface area (Å²) in [5.41, 5.74) is 4.11. The van der Waals surface area contributed by atoms with E-state index in [4.69, 9.17) is 4.98 Å². The van der Waals surface area contributed by atoms with Crippen molar-refractivity contribution >= 4 is 29.3 Å². The number of amides is 1. The van der Waals surface area contributed by atoms with E-state index >= 15 is 0 Å². The van der Waals surface area contributed by atoms with Crippen LogP contribution < -0.4 is 15.3 Å². The van der Waals surface area contributed by atoms with Gasteiger partial charge in [0, 0.05) is 24.3 Å². The van der Waals surface area contributed by atoms with Crippen molar-refractivity contribution in [3.63, 3.8) is 0 Å². The molecule has 0 aliphatic carbocycles. The van der Waals surface area contributed by atoms with Gasteiger partial charge in [-0.3, -0.25) is 14.8 Å². The quantitative estimate of drug-likeness (QED) is 0.302. The average molecular weight is 457 g/mol. The number of hydrogen-bond donors (Lipinski definition) is 3. The van der Waals surface area contributed by atoms with Gasteiger partial charge in [-0.25, -0.2) is 10.4 Å². The molecule has 1 aliphatic rings. The second kappa shape index (κ2) is 9.25. The molecule has 4 heterocycles. The predicted octanol–water partition coefficient (Wildman–Crippen LogP) is 3.71. The Kier molecular flexibility index (Phi) is 5.86. The van der Waals surface area contributed by atoms with Crippen LogP contribution >= 0.6 is 11.8 Å². The second-order valence-corrected chi connectivity index (χ2v) is 8.50. The Balaban J connectivity index is 1.48. The number of nitrogens with zero attached hydrogens (tertiary/aromatic N) is 4. The standard InChI is InChI=1S/C24H21N7OS/c1-16-20(22(32)28-19-8-5-11-26-14-19)21(18-9-12-25-13-10-18)31-23(27-16)29-24(30-31)33-15-17-6-3-2-4-7-17/h2-14,21H,15H2,1H3,(H2,27,28,29,30,32)/p+1. The number of aromatic nitrogens is 5. The highest BCUT2D eigenvalue weighted by Crippen LogP contribution is 2.31. The number of pyridine rings is 2. The van der Waals surface area contributed by atoms with Crippen LogP contribution in [0.3, 0.4) is 0 Å². The molecular formula is C24H22N7OS+. The van der Waals surface area contributed by atoms with Crippen LogP contribution in [0.1, 0.15) is 24.1 Å². The summed E-state index contributed by atoms with van der Waals surface area (Å²) in [4.78, 5) is 26.3. The van der Waals surface area contributed by atoms with Crippen molar-refractivity contribution in [1.29, 1.82) is 0 Å². The Morgan fingerprint density at radius 3 is 2.64 bits per heavy atom. The smallest absolute Gasteiger partial charge is 0.321 e. The molecule has 33 heavy (non-hydrogen) atoms. The normalized spacial score (nSPS) is 15.0. The van der Waals surface area contributed by atoms with Crippen LogP contribution in [0, 0.1) is 0 Å². The zero-order chi connectivity index (χ0) is 22.6. The summed E-state index contributed by atoms with van der Waals surface area (Å²) < 4.78 is 1.90. The van der Waals surface area contributed by atoms with Crippen LogP contribution in [0.15, 0.2) is 95.8 Å². The van der Waals surface area contributed by atoms with Crippen molar-refractivity contribution in [3.05, 3.63) is 102 Å². The first-order valence-corrected chi connectivity index (χ1v) is 11.4. The maximum atomic E-state index is 13.4. The van der Waals surface area contributed by atoms with Crippen molar-refractivity contribution in [2.75, 3.05) is 10.6 Å². The molecule has 0 spiro atoms.